The Bertz CT molecular complexity index is 123. The Morgan fingerprint density at radius 1 is 1.00 bits per heavy atom. The Balaban J connectivity index is 1.63. The Labute approximate surface area is 93.4 Å². The molecule has 1 saturated heterocycles. The fourth-order valence-corrected chi connectivity index (χ4v) is 2.14. The van der Waals surface area contributed by atoms with Crippen LogP contribution in [0.5, 0.6) is 0 Å². The third-order valence-electron chi connectivity index (χ3n) is 2.74. The van der Waals surface area contributed by atoms with E-state index in [9.17, 15) is 0 Å². The zero-order valence-corrected chi connectivity index (χ0v) is 10.4. The largest absolute Gasteiger partial charge is 0.305 e. The van der Waals surface area contributed by atoms with E-state index in [1.807, 2.05) is 11.8 Å². The van der Waals surface area contributed by atoms with Crippen LogP contribution < -0.4 is 5.32 Å². The average molecular weight is 215 g/mol. The standard InChI is InChI=1S/C12H25NS/c1-2-3-4-5-6-7-8-9-10-13-12-11-14-12/h12-13H,2-11H2,1H3. The minimum atomic E-state index is 0.819. The highest BCUT2D eigenvalue weighted by Crippen LogP contribution is 2.26. The van der Waals surface area contributed by atoms with Gasteiger partial charge in [0.05, 0.1) is 5.37 Å². The lowest BCUT2D eigenvalue weighted by Crippen LogP contribution is -2.17. The fourth-order valence-electron chi connectivity index (χ4n) is 1.69. The Morgan fingerprint density at radius 3 is 2.14 bits per heavy atom. The van der Waals surface area contributed by atoms with Crippen molar-refractivity contribution in [3.05, 3.63) is 0 Å². The van der Waals surface area contributed by atoms with Crippen LogP contribution in [0.25, 0.3) is 0 Å². The van der Waals surface area contributed by atoms with Crippen LogP contribution in [0.3, 0.4) is 0 Å². The lowest BCUT2D eigenvalue weighted by molar-refractivity contribution is 0.560. The first-order chi connectivity index (χ1) is 6.93. The molecule has 0 saturated carbocycles. The first-order valence-electron chi connectivity index (χ1n) is 6.28. The summed E-state index contributed by atoms with van der Waals surface area (Å²) < 4.78 is 0. The molecule has 0 aromatic heterocycles. The zero-order valence-electron chi connectivity index (χ0n) is 9.56. The monoisotopic (exact) mass is 215 g/mol. The molecule has 14 heavy (non-hydrogen) atoms. The van der Waals surface area contributed by atoms with Gasteiger partial charge in [-0.05, 0) is 13.0 Å². The van der Waals surface area contributed by atoms with Gasteiger partial charge < -0.3 is 5.32 Å². The minimum absolute atomic E-state index is 0.819. The number of unbranched alkanes of at least 4 members (excludes halogenated alkanes) is 7. The normalized spacial score (nSPS) is 19.9. The van der Waals surface area contributed by atoms with Crippen molar-refractivity contribution in [2.45, 2.75) is 63.7 Å². The van der Waals surface area contributed by atoms with Crippen molar-refractivity contribution in [3.63, 3.8) is 0 Å². The second-order valence-corrected chi connectivity index (χ2v) is 5.49. The Morgan fingerprint density at radius 2 is 1.57 bits per heavy atom. The van der Waals surface area contributed by atoms with E-state index in [0.717, 1.165) is 5.37 Å². The van der Waals surface area contributed by atoms with Gasteiger partial charge in [0, 0.05) is 5.75 Å². The van der Waals surface area contributed by atoms with Crippen molar-refractivity contribution >= 4 is 11.8 Å². The van der Waals surface area contributed by atoms with Crippen molar-refractivity contribution < 1.29 is 0 Å². The molecule has 2 heteroatoms. The molecule has 1 N–H and O–H groups in total. The zero-order chi connectivity index (χ0) is 10.1. The summed E-state index contributed by atoms with van der Waals surface area (Å²) in [6, 6.07) is 0. The van der Waals surface area contributed by atoms with Crippen LogP contribution in [-0.2, 0) is 0 Å². The summed E-state index contributed by atoms with van der Waals surface area (Å²) in [7, 11) is 0. The van der Waals surface area contributed by atoms with E-state index >= 15 is 0 Å². The van der Waals surface area contributed by atoms with Crippen LogP contribution in [0.15, 0.2) is 0 Å². The molecule has 0 amide bonds. The highest BCUT2D eigenvalue weighted by Gasteiger charge is 2.20. The van der Waals surface area contributed by atoms with Gasteiger partial charge in [0.25, 0.3) is 0 Å². The van der Waals surface area contributed by atoms with Crippen LogP contribution in [-0.4, -0.2) is 17.7 Å². The number of thioether (sulfide) groups is 1. The Kier molecular flexibility index (Phi) is 7.61. The fraction of sp³-hybridized carbons (Fsp3) is 1.00. The molecule has 1 aliphatic rings. The highest BCUT2D eigenvalue weighted by molar-refractivity contribution is 8.06. The molecule has 1 unspecified atom stereocenters. The molecule has 1 rings (SSSR count). The predicted octanol–water partition coefficient (Wildman–Crippen LogP) is 3.79. The molecule has 1 heterocycles. The van der Waals surface area contributed by atoms with Crippen molar-refractivity contribution in [2.75, 3.05) is 12.3 Å². The minimum Gasteiger partial charge on any atom is -0.305 e. The van der Waals surface area contributed by atoms with Crippen molar-refractivity contribution in [3.8, 4) is 0 Å². The van der Waals surface area contributed by atoms with E-state index in [4.69, 9.17) is 0 Å². The maximum absolute atomic E-state index is 3.53. The van der Waals surface area contributed by atoms with Crippen molar-refractivity contribution in [1.29, 1.82) is 0 Å². The van der Waals surface area contributed by atoms with E-state index in [1.54, 1.807) is 0 Å². The molecule has 0 radical (unpaired) electrons. The third-order valence-corrected chi connectivity index (χ3v) is 3.57. The van der Waals surface area contributed by atoms with Gasteiger partial charge in [-0.2, -0.15) is 0 Å². The summed E-state index contributed by atoms with van der Waals surface area (Å²) in [5.41, 5.74) is 0. The summed E-state index contributed by atoms with van der Waals surface area (Å²) in [6.07, 6.45) is 11.4. The maximum Gasteiger partial charge on any atom is 0.0625 e. The second-order valence-electron chi connectivity index (χ2n) is 4.25. The van der Waals surface area contributed by atoms with Crippen LogP contribution in [0.2, 0.25) is 0 Å². The van der Waals surface area contributed by atoms with E-state index in [0.29, 0.717) is 0 Å². The summed E-state index contributed by atoms with van der Waals surface area (Å²) in [4.78, 5) is 0. The molecule has 0 aliphatic carbocycles. The van der Waals surface area contributed by atoms with E-state index in [-0.39, 0.29) is 0 Å². The lowest BCUT2D eigenvalue weighted by atomic mass is 10.1. The molecule has 0 aromatic carbocycles. The quantitative estimate of drug-likeness (QED) is 0.439. The number of nitrogens with one attached hydrogen (secondary N) is 1. The topological polar surface area (TPSA) is 12.0 Å². The van der Waals surface area contributed by atoms with Gasteiger partial charge in [-0.3, -0.25) is 0 Å². The highest BCUT2D eigenvalue weighted by atomic mass is 32.2. The number of rotatable bonds is 10. The molecule has 0 spiro atoms. The molecular weight excluding hydrogens is 190 g/mol. The SMILES string of the molecule is CCCCCCCCCCNC1CS1. The van der Waals surface area contributed by atoms with E-state index < -0.39 is 0 Å². The van der Waals surface area contributed by atoms with Crippen LogP contribution >= 0.6 is 11.8 Å². The molecule has 1 atom stereocenters. The first kappa shape index (κ1) is 12.4. The molecule has 1 nitrogen and oxygen atoms in total. The summed E-state index contributed by atoms with van der Waals surface area (Å²) >= 11 is 2.03. The first-order valence-corrected chi connectivity index (χ1v) is 7.33. The molecular formula is C12H25NS. The Hall–Kier alpha value is 0.310. The summed E-state index contributed by atoms with van der Waals surface area (Å²) in [5, 5.41) is 4.35. The maximum atomic E-state index is 3.53. The number of hydrogen-bond donors (Lipinski definition) is 1. The molecule has 1 aliphatic heterocycles. The smallest absolute Gasteiger partial charge is 0.0625 e. The van der Waals surface area contributed by atoms with Crippen LogP contribution in [0.4, 0.5) is 0 Å². The molecule has 0 bridgehead atoms. The van der Waals surface area contributed by atoms with Crippen molar-refractivity contribution in [2.24, 2.45) is 0 Å². The second kappa shape index (κ2) is 8.60. The number of hydrogen-bond acceptors (Lipinski definition) is 2. The van der Waals surface area contributed by atoms with Gasteiger partial charge in [0.1, 0.15) is 0 Å². The van der Waals surface area contributed by atoms with Gasteiger partial charge in [-0.25, -0.2) is 0 Å². The van der Waals surface area contributed by atoms with Gasteiger partial charge in [0.15, 0.2) is 0 Å². The van der Waals surface area contributed by atoms with Gasteiger partial charge >= 0.3 is 0 Å². The van der Waals surface area contributed by atoms with Crippen LogP contribution in [0.1, 0.15) is 58.3 Å². The van der Waals surface area contributed by atoms with Gasteiger partial charge in [-0.15, -0.1) is 11.8 Å². The summed E-state index contributed by atoms with van der Waals surface area (Å²) in [6.45, 7) is 3.52. The van der Waals surface area contributed by atoms with E-state index in [2.05, 4.69) is 12.2 Å². The lowest BCUT2D eigenvalue weighted by Gasteiger charge is -2.02. The van der Waals surface area contributed by atoms with Crippen LogP contribution in [0, 0.1) is 0 Å². The molecule has 1 fully saturated rings. The molecule has 0 aromatic rings. The molecule has 84 valence electrons. The van der Waals surface area contributed by atoms with Gasteiger partial charge in [0.2, 0.25) is 0 Å². The third kappa shape index (κ3) is 7.69. The average Bonchev–Trinajstić information content (AvgIpc) is 2.99. The van der Waals surface area contributed by atoms with Gasteiger partial charge in [-0.1, -0.05) is 51.9 Å². The van der Waals surface area contributed by atoms with E-state index in [1.165, 1.54) is 63.7 Å². The summed E-state index contributed by atoms with van der Waals surface area (Å²) in [5.74, 6) is 1.34. The van der Waals surface area contributed by atoms with Crippen molar-refractivity contribution in [1.82, 2.24) is 5.32 Å². The predicted molar refractivity (Wildman–Crippen MR) is 66.9 cm³/mol.